The van der Waals surface area contributed by atoms with Crippen LogP contribution in [0, 0.1) is 12.8 Å². The Hall–Kier alpha value is -0.630. The zero-order valence-corrected chi connectivity index (χ0v) is 9.44. The van der Waals surface area contributed by atoms with Crippen LogP contribution in [0.4, 0.5) is 5.69 Å². The fourth-order valence-corrected chi connectivity index (χ4v) is 2.89. The van der Waals surface area contributed by atoms with Crippen LogP contribution in [0.25, 0.3) is 0 Å². The molecule has 0 unspecified atom stereocenters. The second-order valence-electron chi connectivity index (χ2n) is 4.15. The van der Waals surface area contributed by atoms with E-state index in [2.05, 4.69) is 19.1 Å². The summed E-state index contributed by atoms with van der Waals surface area (Å²) in [6, 6.07) is 6.28. The first kappa shape index (κ1) is 9.91. The lowest BCUT2D eigenvalue weighted by Crippen LogP contribution is -2.13. The number of benzene rings is 1. The van der Waals surface area contributed by atoms with Crippen LogP contribution < -0.4 is 5.73 Å². The van der Waals surface area contributed by atoms with Crippen LogP contribution in [-0.2, 0) is 0 Å². The van der Waals surface area contributed by atoms with Gasteiger partial charge in [-0.25, -0.2) is 0 Å². The Kier molecular flexibility index (Phi) is 3.02. The molecule has 0 saturated heterocycles. The van der Waals surface area contributed by atoms with Gasteiger partial charge in [0.25, 0.3) is 0 Å². The van der Waals surface area contributed by atoms with Crippen LogP contribution in [0.15, 0.2) is 23.1 Å². The van der Waals surface area contributed by atoms with Crippen molar-refractivity contribution in [1.82, 2.24) is 0 Å². The summed E-state index contributed by atoms with van der Waals surface area (Å²) in [6.45, 7) is 2.12. The smallest absolute Gasteiger partial charge is 0.0452 e. The van der Waals surface area contributed by atoms with Crippen LogP contribution in [0.2, 0.25) is 0 Å². The molecule has 0 aromatic heterocycles. The second kappa shape index (κ2) is 4.26. The highest BCUT2D eigenvalue weighted by molar-refractivity contribution is 7.99. The molecule has 0 aliphatic heterocycles. The molecule has 1 aliphatic rings. The number of rotatable bonds is 3. The molecule has 0 amide bonds. The Morgan fingerprint density at radius 1 is 1.43 bits per heavy atom. The highest BCUT2D eigenvalue weighted by Crippen LogP contribution is 2.34. The topological polar surface area (TPSA) is 26.0 Å². The summed E-state index contributed by atoms with van der Waals surface area (Å²) < 4.78 is 0. The van der Waals surface area contributed by atoms with E-state index in [0.717, 1.165) is 11.6 Å². The van der Waals surface area contributed by atoms with Gasteiger partial charge in [0, 0.05) is 16.3 Å². The van der Waals surface area contributed by atoms with Crippen molar-refractivity contribution in [2.75, 3.05) is 11.5 Å². The van der Waals surface area contributed by atoms with E-state index in [1.54, 1.807) is 0 Å². The van der Waals surface area contributed by atoms with Gasteiger partial charge in [0.15, 0.2) is 0 Å². The number of thioether (sulfide) groups is 1. The average molecular weight is 207 g/mol. The molecule has 1 aromatic carbocycles. The molecule has 2 rings (SSSR count). The Morgan fingerprint density at radius 3 is 2.86 bits per heavy atom. The van der Waals surface area contributed by atoms with Crippen LogP contribution in [-0.4, -0.2) is 5.75 Å². The lowest BCUT2D eigenvalue weighted by Gasteiger charge is -2.24. The van der Waals surface area contributed by atoms with Crippen molar-refractivity contribution < 1.29 is 0 Å². The second-order valence-corrected chi connectivity index (χ2v) is 5.21. The first-order valence-electron chi connectivity index (χ1n) is 5.24. The third-order valence-corrected chi connectivity index (χ3v) is 4.17. The van der Waals surface area contributed by atoms with E-state index < -0.39 is 0 Å². The maximum absolute atomic E-state index is 5.91. The van der Waals surface area contributed by atoms with Crippen molar-refractivity contribution in [2.45, 2.75) is 31.1 Å². The van der Waals surface area contributed by atoms with Crippen LogP contribution in [0.3, 0.4) is 0 Å². The van der Waals surface area contributed by atoms with Crippen LogP contribution >= 0.6 is 11.8 Å². The van der Waals surface area contributed by atoms with Gasteiger partial charge >= 0.3 is 0 Å². The highest BCUT2D eigenvalue weighted by atomic mass is 32.2. The minimum Gasteiger partial charge on any atom is -0.398 e. The van der Waals surface area contributed by atoms with Gasteiger partial charge in [-0.05, 0) is 43.4 Å². The maximum Gasteiger partial charge on any atom is 0.0452 e. The monoisotopic (exact) mass is 207 g/mol. The SMILES string of the molecule is Cc1ccc(N)c(SCC2CCC2)c1. The summed E-state index contributed by atoms with van der Waals surface area (Å²) >= 11 is 1.92. The molecule has 1 saturated carbocycles. The Labute approximate surface area is 90.1 Å². The molecule has 2 N–H and O–H groups in total. The molecular weight excluding hydrogens is 190 g/mol. The molecule has 0 spiro atoms. The summed E-state index contributed by atoms with van der Waals surface area (Å²) in [6.07, 6.45) is 4.26. The molecule has 0 bridgehead atoms. The van der Waals surface area contributed by atoms with Gasteiger partial charge in [-0.1, -0.05) is 12.5 Å². The number of nitrogen functional groups attached to an aromatic ring is 1. The normalized spacial score (nSPS) is 16.6. The van der Waals surface area contributed by atoms with Crippen LogP contribution in [0.5, 0.6) is 0 Å². The summed E-state index contributed by atoms with van der Waals surface area (Å²) in [5.74, 6) is 2.19. The number of aryl methyl sites for hydroxylation is 1. The Morgan fingerprint density at radius 2 is 2.21 bits per heavy atom. The fourth-order valence-electron chi connectivity index (χ4n) is 1.63. The lowest BCUT2D eigenvalue weighted by molar-refractivity contribution is 0.353. The molecule has 1 nitrogen and oxygen atoms in total. The summed E-state index contributed by atoms with van der Waals surface area (Å²) in [4.78, 5) is 1.26. The molecule has 1 fully saturated rings. The molecule has 0 heterocycles. The van der Waals surface area contributed by atoms with Gasteiger partial charge in [-0.3, -0.25) is 0 Å². The molecule has 0 atom stereocenters. The van der Waals surface area contributed by atoms with E-state index in [-0.39, 0.29) is 0 Å². The first-order chi connectivity index (χ1) is 6.75. The summed E-state index contributed by atoms with van der Waals surface area (Å²) in [5.41, 5.74) is 8.15. The van der Waals surface area contributed by atoms with E-state index in [0.29, 0.717) is 0 Å². The van der Waals surface area contributed by atoms with Crippen molar-refractivity contribution in [1.29, 1.82) is 0 Å². The van der Waals surface area contributed by atoms with Gasteiger partial charge in [-0.2, -0.15) is 0 Å². The third-order valence-electron chi connectivity index (χ3n) is 2.87. The first-order valence-corrected chi connectivity index (χ1v) is 6.23. The van der Waals surface area contributed by atoms with Gasteiger partial charge < -0.3 is 5.73 Å². The molecule has 1 aliphatic carbocycles. The van der Waals surface area contributed by atoms with Crippen molar-refractivity contribution >= 4 is 17.4 Å². The van der Waals surface area contributed by atoms with Gasteiger partial charge in [0.05, 0.1) is 0 Å². The Bertz CT molecular complexity index is 318. The predicted molar refractivity (Wildman–Crippen MR) is 63.7 cm³/mol. The molecule has 14 heavy (non-hydrogen) atoms. The minimum absolute atomic E-state index is 0.930. The Balaban J connectivity index is 1.96. The van der Waals surface area contributed by atoms with E-state index in [9.17, 15) is 0 Å². The molecule has 76 valence electrons. The largest absolute Gasteiger partial charge is 0.398 e. The number of anilines is 1. The molecule has 1 aromatic rings. The fraction of sp³-hybridized carbons (Fsp3) is 0.500. The van der Waals surface area contributed by atoms with Gasteiger partial charge in [0.1, 0.15) is 0 Å². The van der Waals surface area contributed by atoms with Gasteiger partial charge in [-0.15, -0.1) is 11.8 Å². The molecular formula is C12H17NS. The quantitative estimate of drug-likeness (QED) is 0.606. The number of hydrogen-bond acceptors (Lipinski definition) is 2. The third kappa shape index (κ3) is 2.24. The minimum atomic E-state index is 0.930. The maximum atomic E-state index is 5.91. The van der Waals surface area contributed by atoms with Crippen molar-refractivity contribution in [2.24, 2.45) is 5.92 Å². The van der Waals surface area contributed by atoms with E-state index >= 15 is 0 Å². The highest BCUT2D eigenvalue weighted by Gasteiger charge is 2.17. The molecule has 2 heteroatoms. The van der Waals surface area contributed by atoms with Crippen molar-refractivity contribution in [3.05, 3.63) is 23.8 Å². The zero-order chi connectivity index (χ0) is 9.97. The van der Waals surface area contributed by atoms with E-state index in [1.807, 2.05) is 17.8 Å². The van der Waals surface area contributed by atoms with Crippen molar-refractivity contribution in [3.63, 3.8) is 0 Å². The zero-order valence-electron chi connectivity index (χ0n) is 8.62. The van der Waals surface area contributed by atoms with Crippen molar-refractivity contribution in [3.8, 4) is 0 Å². The number of nitrogens with two attached hydrogens (primary N) is 1. The standard InChI is InChI=1S/C12H17NS/c1-9-5-6-11(13)12(7-9)14-8-10-3-2-4-10/h5-7,10H,2-4,8,13H2,1H3. The molecule has 0 radical (unpaired) electrons. The van der Waals surface area contributed by atoms with E-state index in [4.69, 9.17) is 5.73 Å². The lowest BCUT2D eigenvalue weighted by atomic mass is 9.87. The summed E-state index contributed by atoms with van der Waals surface area (Å²) in [5, 5.41) is 0. The predicted octanol–water partition coefficient (Wildman–Crippen LogP) is 3.47. The summed E-state index contributed by atoms with van der Waals surface area (Å²) in [7, 11) is 0. The van der Waals surface area contributed by atoms with Crippen LogP contribution in [0.1, 0.15) is 24.8 Å². The average Bonchev–Trinajstić information content (AvgIpc) is 2.08. The van der Waals surface area contributed by atoms with E-state index in [1.165, 1.54) is 35.5 Å². The van der Waals surface area contributed by atoms with Gasteiger partial charge in [0.2, 0.25) is 0 Å². The number of hydrogen-bond donors (Lipinski definition) is 1.